The fourth-order valence-corrected chi connectivity index (χ4v) is 2.81. The number of hydrogen-bond donors (Lipinski definition) is 2. The van der Waals surface area contributed by atoms with Crippen molar-refractivity contribution in [2.24, 2.45) is 0 Å². The first-order valence-electron chi connectivity index (χ1n) is 7.84. The number of benzene rings is 2. The maximum atomic E-state index is 12.6. The maximum Gasteiger partial charge on any atom is 0.274 e. The molecule has 1 amide bonds. The summed E-state index contributed by atoms with van der Waals surface area (Å²) in [4.78, 5) is 21.0. The lowest BCUT2D eigenvalue weighted by molar-refractivity contribution is 0.102. The first-order valence-corrected chi connectivity index (χ1v) is 8.60. The molecule has 2 aromatic carbocycles. The second-order valence-electron chi connectivity index (χ2n) is 5.55. The molecule has 8 heteroatoms. The summed E-state index contributed by atoms with van der Waals surface area (Å²) in [6.45, 7) is 1.67. The van der Waals surface area contributed by atoms with Crippen molar-refractivity contribution in [3.63, 3.8) is 0 Å². The van der Waals surface area contributed by atoms with Gasteiger partial charge in [-0.3, -0.25) is 4.79 Å². The van der Waals surface area contributed by atoms with Crippen LogP contribution in [0.5, 0.6) is 0 Å². The number of nitrogens with one attached hydrogen (secondary N) is 2. The summed E-state index contributed by atoms with van der Waals surface area (Å²) in [6.07, 6.45) is 0. The van der Waals surface area contributed by atoms with Crippen LogP contribution in [0.4, 0.5) is 17.2 Å². The number of aryl methyl sites for hydroxylation is 1. The molecule has 0 aliphatic heterocycles. The smallest absolute Gasteiger partial charge is 0.274 e. The molecule has 6 nitrogen and oxygen atoms in total. The van der Waals surface area contributed by atoms with E-state index in [1.165, 1.54) is 12.1 Å². The van der Waals surface area contributed by atoms with E-state index in [0.717, 1.165) is 0 Å². The SMILES string of the molecule is Cc1nc(Nc2ccccc2C#N)cc(C(=O)Nc2ccc(Cl)cc2Cl)n1. The van der Waals surface area contributed by atoms with E-state index in [4.69, 9.17) is 23.2 Å². The number of rotatable bonds is 4. The van der Waals surface area contributed by atoms with Crippen molar-refractivity contribution in [3.05, 3.63) is 75.7 Å². The molecule has 1 heterocycles. The van der Waals surface area contributed by atoms with E-state index in [9.17, 15) is 10.1 Å². The number of anilines is 3. The quantitative estimate of drug-likeness (QED) is 0.648. The maximum absolute atomic E-state index is 12.6. The number of nitriles is 1. The predicted octanol–water partition coefficient (Wildman–Crippen LogP) is 4.96. The fourth-order valence-electron chi connectivity index (χ4n) is 2.35. The van der Waals surface area contributed by atoms with Gasteiger partial charge in [-0.15, -0.1) is 0 Å². The van der Waals surface area contributed by atoms with Crippen molar-refractivity contribution in [1.82, 2.24) is 9.97 Å². The Labute approximate surface area is 165 Å². The monoisotopic (exact) mass is 397 g/mol. The molecule has 27 heavy (non-hydrogen) atoms. The second kappa shape index (κ2) is 8.04. The number of amides is 1. The van der Waals surface area contributed by atoms with E-state index in [0.29, 0.717) is 38.6 Å². The van der Waals surface area contributed by atoms with Gasteiger partial charge in [-0.05, 0) is 37.3 Å². The van der Waals surface area contributed by atoms with Gasteiger partial charge in [0.05, 0.1) is 22.0 Å². The van der Waals surface area contributed by atoms with Crippen LogP contribution in [0.3, 0.4) is 0 Å². The zero-order valence-corrected chi connectivity index (χ0v) is 15.6. The van der Waals surface area contributed by atoms with Gasteiger partial charge >= 0.3 is 0 Å². The fraction of sp³-hybridized carbons (Fsp3) is 0.0526. The van der Waals surface area contributed by atoms with Crippen molar-refractivity contribution < 1.29 is 4.79 Å². The van der Waals surface area contributed by atoms with Crippen LogP contribution in [0.1, 0.15) is 21.9 Å². The molecule has 0 spiro atoms. The van der Waals surface area contributed by atoms with Gasteiger partial charge in [0.1, 0.15) is 23.4 Å². The molecule has 0 fully saturated rings. The molecule has 0 radical (unpaired) electrons. The molecule has 0 aliphatic carbocycles. The minimum absolute atomic E-state index is 0.158. The van der Waals surface area contributed by atoms with Crippen molar-refractivity contribution in [1.29, 1.82) is 5.26 Å². The standard InChI is InChI=1S/C19H13Cl2N5O/c1-11-23-17(19(27)26-16-7-6-13(20)8-14(16)21)9-18(24-11)25-15-5-3-2-4-12(15)10-22/h2-9H,1H3,(H,26,27)(H,23,24,25). The highest BCUT2D eigenvalue weighted by Crippen LogP contribution is 2.26. The van der Waals surface area contributed by atoms with Crippen LogP contribution in [-0.2, 0) is 0 Å². The van der Waals surface area contributed by atoms with Gasteiger partial charge in [0.2, 0.25) is 0 Å². The van der Waals surface area contributed by atoms with Gasteiger partial charge in [0, 0.05) is 11.1 Å². The summed E-state index contributed by atoms with van der Waals surface area (Å²) in [7, 11) is 0. The lowest BCUT2D eigenvalue weighted by Gasteiger charge is -2.11. The van der Waals surface area contributed by atoms with Crippen LogP contribution in [0.15, 0.2) is 48.5 Å². The lowest BCUT2D eigenvalue weighted by Crippen LogP contribution is -2.15. The molecule has 3 aromatic rings. The third-order valence-corrected chi connectivity index (χ3v) is 4.11. The summed E-state index contributed by atoms with van der Waals surface area (Å²) in [5.41, 5.74) is 1.63. The van der Waals surface area contributed by atoms with Gasteiger partial charge in [-0.1, -0.05) is 35.3 Å². The zero-order chi connectivity index (χ0) is 19.4. The normalized spacial score (nSPS) is 10.1. The number of carbonyl (C=O) groups is 1. The molecule has 2 N–H and O–H groups in total. The van der Waals surface area contributed by atoms with Crippen molar-refractivity contribution >= 4 is 46.3 Å². The van der Waals surface area contributed by atoms with Gasteiger partial charge in [0.15, 0.2) is 0 Å². The van der Waals surface area contributed by atoms with E-state index < -0.39 is 5.91 Å². The van der Waals surface area contributed by atoms with Crippen molar-refractivity contribution in [2.45, 2.75) is 6.92 Å². The average molecular weight is 398 g/mol. The van der Waals surface area contributed by atoms with Crippen LogP contribution in [0.2, 0.25) is 10.0 Å². The molecule has 0 atom stereocenters. The molecular weight excluding hydrogens is 385 g/mol. The molecule has 0 saturated heterocycles. The summed E-state index contributed by atoms with van der Waals surface area (Å²) in [5, 5.41) is 15.7. The Balaban J connectivity index is 1.86. The van der Waals surface area contributed by atoms with Gasteiger partial charge in [0.25, 0.3) is 5.91 Å². The van der Waals surface area contributed by atoms with Crippen molar-refractivity contribution in [3.8, 4) is 6.07 Å². The Morgan fingerprint density at radius 2 is 1.85 bits per heavy atom. The highest BCUT2D eigenvalue weighted by molar-refractivity contribution is 6.36. The first-order chi connectivity index (χ1) is 13.0. The number of nitrogens with zero attached hydrogens (tertiary/aromatic N) is 3. The number of para-hydroxylation sites is 1. The molecule has 0 unspecified atom stereocenters. The molecule has 3 rings (SSSR count). The predicted molar refractivity (Wildman–Crippen MR) is 106 cm³/mol. The van der Waals surface area contributed by atoms with Crippen LogP contribution >= 0.6 is 23.2 Å². The molecule has 0 aliphatic rings. The topological polar surface area (TPSA) is 90.7 Å². The summed E-state index contributed by atoms with van der Waals surface area (Å²) in [6, 6.07) is 15.4. The number of hydrogen-bond acceptors (Lipinski definition) is 5. The highest BCUT2D eigenvalue weighted by Gasteiger charge is 2.13. The van der Waals surface area contributed by atoms with Crippen LogP contribution in [-0.4, -0.2) is 15.9 Å². The van der Waals surface area contributed by atoms with Crippen LogP contribution in [0, 0.1) is 18.3 Å². The van der Waals surface area contributed by atoms with Crippen LogP contribution < -0.4 is 10.6 Å². The van der Waals surface area contributed by atoms with E-state index >= 15 is 0 Å². The number of aromatic nitrogens is 2. The molecular formula is C19H13Cl2N5O. The van der Waals surface area contributed by atoms with E-state index in [1.807, 2.05) is 0 Å². The lowest BCUT2D eigenvalue weighted by atomic mass is 10.2. The Morgan fingerprint density at radius 1 is 1.07 bits per heavy atom. The van der Waals surface area contributed by atoms with E-state index in [-0.39, 0.29) is 5.69 Å². The molecule has 0 bridgehead atoms. The molecule has 1 aromatic heterocycles. The highest BCUT2D eigenvalue weighted by atomic mass is 35.5. The largest absolute Gasteiger partial charge is 0.339 e. The first kappa shape index (κ1) is 18.6. The number of carbonyl (C=O) groups excluding carboxylic acids is 1. The van der Waals surface area contributed by atoms with Gasteiger partial charge < -0.3 is 10.6 Å². The minimum atomic E-state index is -0.443. The summed E-state index contributed by atoms with van der Waals surface area (Å²) < 4.78 is 0. The van der Waals surface area contributed by atoms with E-state index in [1.54, 1.807) is 43.3 Å². The van der Waals surface area contributed by atoms with E-state index in [2.05, 4.69) is 26.7 Å². The summed E-state index contributed by atoms with van der Waals surface area (Å²) >= 11 is 12.0. The Hall–Kier alpha value is -3.14. The van der Waals surface area contributed by atoms with Gasteiger partial charge in [-0.2, -0.15) is 5.26 Å². The average Bonchev–Trinajstić information content (AvgIpc) is 2.64. The second-order valence-corrected chi connectivity index (χ2v) is 6.39. The van der Waals surface area contributed by atoms with Crippen LogP contribution in [0.25, 0.3) is 0 Å². The zero-order valence-electron chi connectivity index (χ0n) is 14.1. The third-order valence-electron chi connectivity index (χ3n) is 3.56. The van der Waals surface area contributed by atoms with Crippen molar-refractivity contribution in [2.75, 3.05) is 10.6 Å². The Kier molecular flexibility index (Phi) is 5.55. The number of halogens is 2. The minimum Gasteiger partial charge on any atom is -0.339 e. The Morgan fingerprint density at radius 3 is 2.59 bits per heavy atom. The van der Waals surface area contributed by atoms with Gasteiger partial charge in [-0.25, -0.2) is 9.97 Å². The molecule has 134 valence electrons. The molecule has 0 saturated carbocycles. The summed E-state index contributed by atoms with van der Waals surface area (Å²) in [5.74, 6) is 0.362. The Bertz CT molecular complexity index is 1060. The third kappa shape index (κ3) is 4.53.